The minimum absolute atomic E-state index is 0.0656. The average molecular weight is 231 g/mol. The molecular formula is C13H13NO3. The normalized spacial score (nSPS) is 14.9. The predicted molar refractivity (Wildman–Crippen MR) is 63.3 cm³/mol. The van der Waals surface area contributed by atoms with Gasteiger partial charge in [0, 0.05) is 11.6 Å². The SMILES string of the molecule is COc1cc(C(=O)NC2CC2)cc2occc12. The first-order chi connectivity index (χ1) is 8.28. The van der Waals surface area contributed by atoms with Gasteiger partial charge < -0.3 is 14.5 Å². The van der Waals surface area contributed by atoms with Gasteiger partial charge in [-0.3, -0.25) is 4.79 Å². The van der Waals surface area contributed by atoms with Gasteiger partial charge in [-0.25, -0.2) is 0 Å². The maximum Gasteiger partial charge on any atom is 0.251 e. The van der Waals surface area contributed by atoms with Crippen molar-refractivity contribution in [3.05, 3.63) is 30.0 Å². The van der Waals surface area contributed by atoms with E-state index in [9.17, 15) is 4.79 Å². The fourth-order valence-electron chi connectivity index (χ4n) is 1.83. The predicted octanol–water partition coefficient (Wildman–Crippen LogP) is 2.33. The summed E-state index contributed by atoms with van der Waals surface area (Å²) >= 11 is 0. The number of rotatable bonds is 3. The van der Waals surface area contributed by atoms with Crippen LogP contribution in [0.2, 0.25) is 0 Å². The number of ether oxygens (including phenoxy) is 1. The Morgan fingerprint density at radius 3 is 3.00 bits per heavy atom. The molecule has 3 rings (SSSR count). The molecule has 0 radical (unpaired) electrons. The van der Waals surface area contributed by atoms with Gasteiger partial charge in [-0.1, -0.05) is 0 Å². The quantitative estimate of drug-likeness (QED) is 0.882. The summed E-state index contributed by atoms with van der Waals surface area (Å²) in [7, 11) is 1.59. The van der Waals surface area contributed by atoms with Crippen molar-refractivity contribution < 1.29 is 13.9 Å². The molecule has 88 valence electrons. The molecule has 4 nitrogen and oxygen atoms in total. The van der Waals surface area contributed by atoms with Crippen LogP contribution in [0.4, 0.5) is 0 Å². The van der Waals surface area contributed by atoms with Crippen LogP contribution in [0.25, 0.3) is 11.0 Å². The van der Waals surface area contributed by atoms with E-state index in [1.807, 2.05) is 6.07 Å². The van der Waals surface area contributed by atoms with Crippen LogP contribution in [0.3, 0.4) is 0 Å². The summed E-state index contributed by atoms with van der Waals surface area (Å²) in [4.78, 5) is 11.9. The van der Waals surface area contributed by atoms with E-state index in [0.717, 1.165) is 18.2 Å². The Labute approximate surface area is 98.6 Å². The Balaban J connectivity index is 2.00. The minimum atomic E-state index is -0.0656. The fraction of sp³-hybridized carbons (Fsp3) is 0.308. The lowest BCUT2D eigenvalue weighted by Gasteiger charge is -2.06. The highest BCUT2D eigenvalue weighted by Gasteiger charge is 2.24. The first-order valence-corrected chi connectivity index (χ1v) is 5.64. The summed E-state index contributed by atoms with van der Waals surface area (Å²) in [5.74, 6) is 0.598. The second-order valence-electron chi connectivity index (χ2n) is 4.26. The highest BCUT2D eigenvalue weighted by Crippen LogP contribution is 2.29. The number of methoxy groups -OCH3 is 1. The third kappa shape index (κ3) is 1.86. The lowest BCUT2D eigenvalue weighted by atomic mass is 10.1. The zero-order valence-corrected chi connectivity index (χ0v) is 9.53. The maximum atomic E-state index is 11.9. The van der Waals surface area contributed by atoms with Crippen molar-refractivity contribution in [2.45, 2.75) is 18.9 Å². The Hall–Kier alpha value is -1.97. The molecule has 2 aromatic rings. The van der Waals surface area contributed by atoms with Crippen molar-refractivity contribution in [2.24, 2.45) is 0 Å². The van der Waals surface area contributed by atoms with Crippen molar-refractivity contribution in [3.8, 4) is 5.75 Å². The van der Waals surface area contributed by atoms with E-state index in [1.165, 1.54) is 0 Å². The lowest BCUT2D eigenvalue weighted by Crippen LogP contribution is -2.25. The van der Waals surface area contributed by atoms with Gasteiger partial charge in [0.15, 0.2) is 0 Å². The number of fused-ring (bicyclic) bond motifs is 1. The van der Waals surface area contributed by atoms with Crippen LogP contribution >= 0.6 is 0 Å². The number of furan rings is 1. The molecule has 0 atom stereocenters. The summed E-state index contributed by atoms with van der Waals surface area (Å²) in [6.07, 6.45) is 3.74. The molecule has 1 amide bonds. The van der Waals surface area contributed by atoms with Gasteiger partial charge in [0.2, 0.25) is 0 Å². The van der Waals surface area contributed by atoms with Gasteiger partial charge in [0.1, 0.15) is 11.3 Å². The Morgan fingerprint density at radius 2 is 2.29 bits per heavy atom. The fourth-order valence-corrected chi connectivity index (χ4v) is 1.83. The molecular weight excluding hydrogens is 218 g/mol. The molecule has 0 unspecified atom stereocenters. The van der Waals surface area contributed by atoms with Crippen molar-refractivity contribution in [2.75, 3.05) is 7.11 Å². The third-order valence-electron chi connectivity index (χ3n) is 2.93. The Bertz CT molecular complexity index is 569. The molecule has 0 bridgehead atoms. The number of carbonyl (C=O) groups is 1. The van der Waals surface area contributed by atoms with Gasteiger partial charge in [-0.15, -0.1) is 0 Å². The van der Waals surface area contributed by atoms with E-state index in [-0.39, 0.29) is 5.91 Å². The molecule has 1 aliphatic carbocycles. The van der Waals surface area contributed by atoms with Crippen LogP contribution in [0.5, 0.6) is 5.75 Å². The van der Waals surface area contributed by atoms with Crippen LogP contribution in [-0.4, -0.2) is 19.1 Å². The molecule has 1 aliphatic rings. The molecule has 1 aromatic heterocycles. The number of nitrogens with one attached hydrogen (secondary N) is 1. The number of hydrogen-bond donors (Lipinski definition) is 1. The highest BCUT2D eigenvalue weighted by atomic mass is 16.5. The number of amides is 1. The minimum Gasteiger partial charge on any atom is -0.496 e. The van der Waals surface area contributed by atoms with Crippen LogP contribution in [0.1, 0.15) is 23.2 Å². The zero-order chi connectivity index (χ0) is 11.8. The topological polar surface area (TPSA) is 51.5 Å². The van der Waals surface area contributed by atoms with Gasteiger partial charge in [-0.2, -0.15) is 0 Å². The first kappa shape index (κ1) is 10.2. The van der Waals surface area contributed by atoms with Gasteiger partial charge >= 0.3 is 0 Å². The monoisotopic (exact) mass is 231 g/mol. The highest BCUT2D eigenvalue weighted by molar-refractivity contribution is 5.99. The smallest absolute Gasteiger partial charge is 0.251 e. The van der Waals surface area contributed by atoms with E-state index in [4.69, 9.17) is 9.15 Å². The van der Waals surface area contributed by atoms with Crippen LogP contribution in [-0.2, 0) is 0 Å². The summed E-state index contributed by atoms with van der Waals surface area (Å²) < 4.78 is 10.6. The standard InChI is InChI=1S/C13H13NO3/c1-16-11-6-8(13(15)14-9-2-3-9)7-12-10(11)4-5-17-12/h4-7,9H,2-3H2,1H3,(H,14,15). The Morgan fingerprint density at radius 1 is 1.47 bits per heavy atom. The summed E-state index contributed by atoms with van der Waals surface area (Å²) in [5, 5.41) is 3.83. The summed E-state index contributed by atoms with van der Waals surface area (Å²) in [5.41, 5.74) is 1.25. The molecule has 1 saturated carbocycles. The molecule has 0 spiro atoms. The number of benzene rings is 1. The van der Waals surface area contributed by atoms with Gasteiger partial charge in [0.25, 0.3) is 5.91 Å². The second kappa shape index (κ2) is 3.80. The van der Waals surface area contributed by atoms with Gasteiger partial charge in [0.05, 0.1) is 18.8 Å². The van der Waals surface area contributed by atoms with Crippen molar-refractivity contribution in [3.63, 3.8) is 0 Å². The van der Waals surface area contributed by atoms with Gasteiger partial charge in [-0.05, 0) is 31.0 Å². The molecule has 0 aliphatic heterocycles. The van der Waals surface area contributed by atoms with Crippen molar-refractivity contribution in [1.82, 2.24) is 5.32 Å². The number of hydrogen-bond acceptors (Lipinski definition) is 3. The van der Waals surface area contributed by atoms with E-state index >= 15 is 0 Å². The summed E-state index contributed by atoms with van der Waals surface area (Å²) in [6.45, 7) is 0. The van der Waals surface area contributed by atoms with Crippen LogP contribution in [0, 0.1) is 0 Å². The van der Waals surface area contributed by atoms with E-state index < -0.39 is 0 Å². The van der Waals surface area contributed by atoms with E-state index in [0.29, 0.717) is 22.9 Å². The second-order valence-corrected chi connectivity index (χ2v) is 4.26. The first-order valence-electron chi connectivity index (χ1n) is 5.64. The molecule has 1 N–H and O–H groups in total. The largest absolute Gasteiger partial charge is 0.496 e. The Kier molecular flexibility index (Phi) is 2.28. The van der Waals surface area contributed by atoms with Crippen molar-refractivity contribution >= 4 is 16.9 Å². The summed E-state index contributed by atoms with van der Waals surface area (Å²) in [6, 6.07) is 5.67. The van der Waals surface area contributed by atoms with E-state index in [2.05, 4.69) is 5.32 Å². The molecule has 1 heterocycles. The zero-order valence-electron chi connectivity index (χ0n) is 9.53. The van der Waals surface area contributed by atoms with E-state index in [1.54, 1.807) is 25.5 Å². The molecule has 17 heavy (non-hydrogen) atoms. The van der Waals surface area contributed by atoms with Crippen LogP contribution < -0.4 is 10.1 Å². The van der Waals surface area contributed by atoms with Crippen molar-refractivity contribution in [1.29, 1.82) is 0 Å². The maximum absolute atomic E-state index is 11.9. The molecule has 1 fully saturated rings. The molecule has 1 aromatic carbocycles. The molecule has 4 heteroatoms. The third-order valence-corrected chi connectivity index (χ3v) is 2.93. The number of carbonyl (C=O) groups excluding carboxylic acids is 1. The lowest BCUT2D eigenvalue weighted by molar-refractivity contribution is 0.0951. The average Bonchev–Trinajstić information content (AvgIpc) is 3.02. The molecule has 0 saturated heterocycles. The van der Waals surface area contributed by atoms with Crippen LogP contribution in [0.15, 0.2) is 28.9 Å².